The Morgan fingerprint density at radius 1 is 0.583 bits per heavy atom. The van der Waals surface area contributed by atoms with Crippen LogP contribution < -0.4 is 5.30 Å². The zero-order chi connectivity index (χ0) is 16.6. The van der Waals surface area contributed by atoms with E-state index >= 15 is 0 Å². The molecule has 1 heteroatoms. The van der Waals surface area contributed by atoms with E-state index in [9.17, 15) is 0 Å². The minimum absolute atomic E-state index is 0.485. The second-order valence-electron chi connectivity index (χ2n) is 5.65. The van der Waals surface area contributed by atoms with Gasteiger partial charge in [-0.15, -0.1) is 0 Å². The van der Waals surface area contributed by atoms with Crippen molar-refractivity contribution in [2.24, 2.45) is 0 Å². The largest absolute Gasteiger partial charge is 0.0622 e. The van der Waals surface area contributed by atoms with Crippen molar-refractivity contribution in [1.29, 1.82) is 0 Å². The SMILES string of the molecule is Cc1ccccc1P(C=Cc1ccccc1)C=Cc1ccccc1. The molecule has 0 aliphatic rings. The highest BCUT2D eigenvalue weighted by Crippen LogP contribution is 2.40. The maximum atomic E-state index is 2.34. The van der Waals surface area contributed by atoms with E-state index in [0.717, 1.165) is 0 Å². The number of benzene rings is 3. The summed E-state index contributed by atoms with van der Waals surface area (Å²) in [5, 5.41) is 1.41. The monoisotopic (exact) mass is 328 g/mol. The fourth-order valence-corrected chi connectivity index (χ4v) is 4.35. The summed E-state index contributed by atoms with van der Waals surface area (Å²) in [6.07, 6.45) is 4.46. The van der Waals surface area contributed by atoms with E-state index in [2.05, 4.69) is 116 Å². The summed E-state index contributed by atoms with van der Waals surface area (Å²) >= 11 is 0. The van der Waals surface area contributed by atoms with Gasteiger partial charge in [-0.2, -0.15) is 0 Å². The lowest BCUT2D eigenvalue weighted by Gasteiger charge is -2.12. The van der Waals surface area contributed by atoms with E-state index in [1.807, 2.05) is 0 Å². The molecule has 24 heavy (non-hydrogen) atoms. The highest BCUT2D eigenvalue weighted by atomic mass is 31.1. The molecule has 0 nitrogen and oxygen atoms in total. The quantitative estimate of drug-likeness (QED) is 0.472. The molecule has 0 radical (unpaired) electrons. The molecule has 0 amide bonds. The van der Waals surface area contributed by atoms with Crippen LogP contribution in [0.3, 0.4) is 0 Å². The highest BCUT2D eigenvalue weighted by Gasteiger charge is 2.06. The van der Waals surface area contributed by atoms with Gasteiger partial charge in [-0.05, 0) is 36.8 Å². The Labute approximate surface area is 145 Å². The van der Waals surface area contributed by atoms with Crippen LogP contribution in [-0.4, -0.2) is 0 Å². The average molecular weight is 328 g/mol. The van der Waals surface area contributed by atoms with Gasteiger partial charge in [0.15, 0.2) is 0 Å². The summed E-state index contributed by atoms with van der Waals surface area (Å²) in [6.45, 7) is 2.19. The van der Waals surface area contributed by atoms with Crippen molar-refractivity contribution in [1.82, 2.24) is 0 Å². The Kier molecular flexibility index (Phi) is 5.77. The highest BCUT2D eigenvalue weighted by molar-refractivity contribution is 7.72. The Hall–Kier alpha value is -2.43. The van der Waals surface area contributed by atoms with Gasteiger partial charge in [0.1, 0.15) is 0 Å². The molecule has 118 valence electrons. The standard InChI is InChI=1S/C23H21P/c1-20-10-8-9-15-23(20)24(18-16-21-11-4-2-5-12-21)19-17-22-13-6-3-7-14-22/h2-19H,1H3. The molecule has 0 aromatic heterocycles. The van der Waals surface area contributed by atoms with Crippen LogP contribution in [0.15, 0.2) is 96.6 Å². The van der Waals surface area contributed by atoms with E-state index < -0.39 is 7.92 Å². The minimum Gasteiger partial charge on any atom is -0.0622 e. The topological polar surface area (TPSA) is 0 Å². The van der Waals surface area contributed by atoms with Crippen LogP contribution >= 0.6 is 7.92 Å². The van der Waals surface area contributed by atoms with Crippen LogP contribution in [0.5, 0.6) is 0 Å². The van der Waals surface area contributed by atoms with Crippen LogP contribution in [0, 0.1) is 6.92 Å². The summed E-state index contributed by atoms with van der Waals surface area (Å²) in [5.41, 5.74) is 3.83. The molecule has 0 spiro atoms. The molecule has 0 saturated carbocycles. The Morgan fingerprint density at radius 3 is 1.54 bits per heavy atom. The maximum absolute atomic E-state index is 2.34. The first-order chi connectivity index (χ1) is 11.8. The molecular formula is C23H21P. The van der Waals surface area contributed by atoms with Gasteiger partial charge in [0.2, 0.25) is 0 Å². The van der Waals surface area contributed by atoms with E-state index in [4.69, 9.17) is 0 Å². The van der Waals surface area contributed by atoms with E-state index in [1.165, 1.54) is 22.0 Å². The lowest BCUT2D eigenvalue weighted by molar-refractivity contribution is 1.52. The second kappa shape index (κ2) is 8.43. The molecule has 0 unspecified atom stereocenters. The fraction of sp³-hybridized carbons (Fsp3) is 0.0435. The van der Waals surface area contributed by atoms with Crippen LogP contribution in [0.4, 0.5) is 0 Å². The zero-order valence-electron chi connectivity index (χ0n) is 13.8. The summed E-state index contributed by atoms with van der Waals surface area (Å²) in [7, 11) is -0.485. The van der Waals surface area contributed by atoms with Gasteiger partial charge in [-0.3, -0.25) is 0 Å². The van der Waals surface area contributed by atoms with E-state index in [-0.39, 0.29) is 0 Å². The summed E-state index contributed by atoms with van der Waals surface area (Å²) < 4.78 is 0. The van der Waals surface area contributed by atoms with Gasteiger partial charge >= 0.3 is 0 Å². The minimum atomic E-state index is -0.485. The average Bonchev–Trinajstić information content (AvgIpc) is 2.64. The Morgan fingerprint density at radius 2 is 1.04 bits per heavy atom. The normalized spacial score (nSPS) is 12.7. The molecule has 3 aromatic rings. The van der Waals surface area contributed by atoms with Crippen molar-refractivity contribution < 1.29 is 0 Å². The molecule has 0 bridgehead atoms. The van der Waals surface area contributed by atoms with Crippen LogP contribution in [0.25, 0.3) is 12.2 Å². The van der Waals surface area contributed by atoms with Gasteiger partial charge in [0, 0.05) is 0 Å². The van der Waals surface area contributed by atoms with Gasteiger partial charge in [-0.25, -0.2) is 0 Å². The van der Waals surface area contributed by atoms with Crippen LogP contribution in [0.1, 0.15) is 16.7 Å². The molecule has 0 aliphatic carbocycles. The summed E-state index contributed by atoms with van der Waals surface area (Å²) in [5.74, 6) is 4.68. The van der Waals surface area contributed by atoms with E-state index in [1.54, 1.807) is 0 Å². The first kappa shape index (κ1) is 16.4. The van der Waals surface area contributed by atoms with Crippen molar-refractivity contribution in [2.75, 3.05) is 0 Å². The zero-order valence-corrected chi connectivity index (χ0v) is 14.7. The molecule has 0 aliphatic heterocycles. The number of aryl methyl sites for hydroxylation is 1. The first-order valence-corrected chi connectivity index (χ1v) is 9.61. The number of hydrogen-bond acceptors (Lipinski definition) is 0. The second-order valence-corrected chi connectivity index (χ2v) is 7.54. The Balaban J connectivity index is 1.91. The van der Waals surface area contributed by atoms with Crippen molar-refractivity contribution in [2.45, 2.75) is 6.92 Å². The lowest BCUT2D eigenvalue weighted by atomic mass is 10.2. The smallest absolute Gasteiger partial charge is 0.0133 e. The van der Waals surface area contributed by atoms with Gasteiger partial charge < -0.3 is 0 Å². The van der Waals surface area contributed by atoms with E-state index in [0.29, 0.717) is 0 Å². The summed E-state index contributed by atoms with van der Waals surface area (Å²) in [6, 6.07) is 29.7. The third kappa shape index (κ3) is 4.54. The van der Waals surface area contributed by atoms with Gasteiger partial charge in [0.25, 0.3) is 0 Å². The molecule has 0 heterocycles. The third-order valence-corrected chi connectivity index (χ3v) is 5.85. The molecule has 0 N–H and O–H groups in total. The van der Waals surface area contributed by atoms with Crippen LogP contribution in [-0.2, 0) is 0 Å². The molecular weight excluding hydrogens is 307 g/mol. The molecule has 3 rings (SSSR count). The number of rotatable bonds is 5. The third-order valence-electron chi connectivity index (χ3n) is 3.85. The maximum Gasteiger partial charge on any atom is -0.0133 e. The number of hydrogen-bond donors (Lipinski definition) is 0. The molecule has 0 fully saturated rings. The molecule has 0 saturated heterocycles. The lowest BCUT2D eigenvalue weighted by Crippen LogP contribution is -2.01. The fourth-order valence-electron chi connectivity index (χ4n) is 2.52. The van der Waals surface area contributed by atoms with Crippen LogP contribution in [0.2, 0.25) is 0 Å². The van der Waals surface area contributed by atoms with Crippen molar-refractivity contribution in [3.8, 4) is 0 Å². The molecule has 0 atom stereocenters. The van der Waals surface area contributed by atoms with Gasteiger partial charge in [-0.1, -0.05) is 109 Å². The predicted octanol–water partition coefficient (Wildman–Crippen LogP) is 6.44. The Bertz CT molecular complexity index is 767. The van der Waals surface area contributed by atoms with Crippen molar-refractivity contribution >= 4 is 25.4 Å². The predicted molar refractivity (Wildman–Crippen MR) is 109 cm³/mol. The van der Waals surface area contributed by atoms with Crippen molar-refractivity contribution in [3.63, 3.8) is 0 Å². The van der Waals surface area contributed by atoms with Gasteiger partial charge in [0.05, 0.1) is 0 Å². The first-order valence-electron chi connectivity index (χ1n) is 8.13. The summed E-state index contributed by atoms with van der Waals surface area (Å²) in [4.78, 5) is 0. The van der Waals surface area contributed by atoms with Crippen molar-refractivity contribution in [3.05, 3.63) is 113 Å². The molecule has 3 aromatic carbocycles.